The summed E-state index contributed by atoms with van der Waals surface area (Å²) >= 11 is 12.7. The van der Waals surface area contributed by atoms with Crippen LogP contribution in [-0.2, 0) is 9.59 Å². The molecule has 0 radical (unpaired) electrons. The molecule has 7 nitrogen and oxygen atoms in total. The zero-order chi connectivity index (χ0) is 22.4. The molecule has 1 saturated heterocycles. The molecule has 0 spiro atoms. The second kappa shape index (κ2) is 10.5. The van der Waals surface area contributed by atoms with Crippen molar-refractivity contribution in [2.45, 2.75) is 0 Å². The summed E-state index contributed by atoms with van der Waals surface area (Å²) in [6.45, 7) is -0.132. The van der Waals surface area contributed by atoms with E-state index in [-0.39, 0.29) is 30.4 Å². The number of nitrogens with one attached hydrogen (secondary N) is 2. The minimum absolute atomic E-state index is 0.0156. The number of amides is 4. The molecule has 0 atom stereocenters. The number of benzene rings is 2. The number of carbonyl (C=O) groups is 4. The quantitative estimate of drug-likeness (QED) is 0.594. The molecular formula is C21H17Cl2N3O4S. The van der Waals surface area contributed by atoms with Crippen LogP contribution in [0.4, 0.5) is 4.79 Å². The van der Waals surface area contributed by atoms with Crippen molar-refractivity contribution in [1.82, 2.24) is 15.5 Å². The smallest absolute Gasteiger partial charge is 0.293 e. The molecule has 1 aliphatic heterocycles. The highest BCUT2D eigenvalue weighted by Crippen LogP contribution is 2.33. The van der Waals surface area contributed by atoms with Gasteiger partial charge in [0, 0.05) is 18.7 Å². The Balaban J connectivity index is 1.48. The van der Waals surface area contributed by atoms with Gasteiger partial charge in [0.1, 0.15) is 0 Å². The highest BCUT2D eigenvalue weighted by atomic mass is 35.5. The van der Waals surface area contributed by atoms with E-state index in [9.17, 15) is 19.2 Å². The lowest BCUT2D eigenvalue weighted by atomic mass is 10.2. The van der Waals surface area contributed by atoms with Crippen LogP contribution >= 0.6 is 35.0 Å². The first-order chi connectivity index (χ1) is 14.8. The summed E-state index contributed by atoms with van der Waals surface area (Å²) in [5, 5.41) is 5.39. The molecule has 1 fully saturated rings. The molecule has 10 heteroatoms. The summed E-state index contributed by atoms with van der Waals surface area (Å²) in [4.78, 5) is 49.8. The Morgan fingerprint density at radius 2 is 1.74 bits per heavy atom. The summed E-state index contributed by atoms with van der Waals surface area (Å²) < 4.78 is 0. The number of imide groups is 1. The lowest BCUT2D eigenvalue weighted by Gasteiger charge is -2.13. The van der Waals surface area contributed by atoms with Gasteiger partial charge in [0.2, 0.25) is 5.91 Å². The first-order valence-corrected chi connectivity index (χ1v) is 10.7. The number of halogens is 2. The van der Waals surface area contributed by atoms with E-state index in [1.165, 1.54) is 0 Å². The third-order valence-electron chi connectivity index (χ3n) is 4.22. The lowest BCUT2D eigenvalue weighted by Crippen LogP contribution is -2.41. The van der Waals surface area contributed by atoms with Crippen LogP contribution in [0.1, 0.15) is 15.9 Å². The predicted molar refractivity (Wildman–Crippen MR) is 121 cm³/mol. The van der Waals surface area contributed by atoms with Crippen LogP contribution in [0.5, 0.6) is 0 Å². The Morgan fingerprint density at radius 1 is 1.00 bits per heavy atom. The van der Waals surface area contributed by atoms with E-state index in [1.54, 1.807) is 54.6 Å². The van der Waals surface area contributed by atoms with Gasteiger partial charge in [-0.2, -0.15) is 0 Å². The third kappa shape index (κ3) is 6.10. The third-order valence-corrected chi connectivity index (χ3v) is 5.86. The van der Waals surface area contributed by atoms with Crippen LogP contribution in [-0.4, -0.2) is 47.5 Å². The molecule has 0 bridgehead atoms. The summed E-state index contributed by atoms with van der Waals surface area (Å²) in [6, 6.07) is 13.4. The number of thioether (sulfide) groups is 1. The van der Waals surface area contributed by atoms with Gasteiger partial charge in [-0.3, -0.25) is 24.1 Å². The van der Waals surface area contributed by atoms with Crippen LogP contribution in [0, 0.1) is 0 Å². The average molecular weight is 478 g/mol. The van der Waals surface area contributed by atoms with Gasteiger partial charge < -0.3 is 10.6 Å². The summed E-state index contributed by atoms with van der Waals surface area (Å²) in [6.07, 6.45) is 1.56. The van der Waals surface area contributed by atoms with Gasteiger partial charge in [-0.1, -0.05) is 47.5 Å². The molecule has 0 unspecified atom stereocenters. The van der Waals surface area contributed by atoms with Crippen LogP contribution in [0.2, 0.25) is 10.0 Å². The lowest BCUT2D eigenvalue weighted by molar-refractivity contribution is -0.124. The van der Waals surface area contributed by atoms with Gasteiger partial charge >= 0.3 is 0 Å². The highest BCUT2D eigenvalue weighted by Gasteiger charge is 2.34. The number of hydrogen-bond acceptors (Lipinski definition) is 5. The SMILES string of the molecule is O=C(CNC(=O)c1ccccc1)NCCN1C(=O)SC(=Cc2ccc(Cl)c(Cl)c2)C1=O. The zero-order valence-electron chi connectivity index (χ0n) is 16.1. The number of carbonyl (C=O) groups excluding carboxylic acids is 4. The van der Waals surface area contributed by atoms with Gasteiger partial charge in [-0.05, 0) is 47.7 Å². The minimum Gasteiger partial charge on any atom is -0.353 e. The Bertz CT molecular complexity index is 1060. The highest BCUT2D eigenvalue weighted by molar-refractivity contribution is 8.18. The molecule has 1 aliphatic rings. The minimum atomic E-state index is -0.451. The van der Waals surface area contributed by atoms with Crippen LogP contribution in [0.15, 0.2) is 53.4 Å². The Labute approximate surface area is 192 Å². The molecule has 160 valence electrons. The summed E-state index contributed by atoms with van der Waals surface area (Å²) in [5.41, 5.74) is 1.09. The van der Waals surface area contributed by atoms with E-state index in [4.69, 9.17) is 23.2 Å². The molecule has 0 aliphatic carbocycles. The van der Waals surface area contributed by atoms with Gasteiger partial charge in [0.15, 0.2) is 0 Å². The molecule has 3 rings (SSSR count). The van der Waals surface area contributed by atoms with E-state index >= 15 is 0 Å². The number of nitrogens with zero attached hydrogens (tertiary/aromatic N) is 1. The molecule has 2 aromatic carbocycles. The van der Waals surface area contributed by atoms with E-state index < -0.39 is 17.1 Å². The summed E-state index contributed by atoms with van der Waals surface area (Å²) in [5.74, 6) is -1.25. The van der Waals surface area contributed by atoms with Crippen LogP contribution in [0.3, 0.4) is 0 Å². The van der Waals surface area contributed by atoms with Crippen molar-refractivity contribution in [3.8, 4) is 0 Å². The van der Waals surface area contributed by atoms with Crippen molar-refractivity contribution in [3.05, 3.63) is 74.6 Å². The first kappa shape index (κ1) is 22.9. The van der Waals surface area contributed by atoms with Crippen molar-refractivity contribution in [2.24, 2.45) is 0 Å². The second-order valence-corrected chi connectivity index (χ2v) is 8.21. The van der Waals surface area contributed by atoms with Crippen molar-refractivity contribution < 1.29 is 19.2 Å². The topological polar surface area (TPSA) is 95.6 Å². The Morgan fingerprint density at radius 3 is 2.45 bits per heavy atom. The fraction of sp³-hybridized carbons (Fsp3) is 0.143. The van der Waals surface area contributed by atoms with Crippen LogP contribution in [0.25, 0.3) is 6.08 Å². The molecular weight excluding hydrogens is 461 g/mol. The van der Waals surface area contributed by atoms with Crippen molar-refractivity contribution in [1.29, 1.82) is 0 Å². The maximum Gasteiger partial charge on any atom is 0.293 e. The molecule has 31 heavy (non-hydrogen) atoms. The monoisotopic (exact) mass is 477 g/mol. The van der Waals surface area contributed by atoms with E-state index in [0.29, 0.717) is 21.2 Å². The molecule has 0 aromatic heterocycles. The zero-order valence-corrected chi connectivity index (χ0v) is 18.4. The predicted octanol–water partition coefficient (Wildman–Crippen LogP) is 3.58. The molecule has 2 aromatic rings. The van der Waals surface area contributed by atoms with E-state index in [0.717, 1.165) is 16.7 Å². The number of hydrogen-bond donors (Lipinski definition) is 2. The number of rotatable bonds is 7. The van der Waals surface area contributed by atoms with Crippen molar-refractivity contribution in [2.75, 3.05) is 19.6 Å². The fourth-order valence-corrected chi connectivity index (χ4v) is 3.84. The first-order valence-electron chi connectivity index (χ1n) is 9.15. The largest absolute Gasteiger partial charge is 0.353 e. The average Bonchev–Trinajstić information content (AvgIpc) is 3.02. The molecule has 4 amide bonds. The second-order valence-electron chi connectivity index (χ2n) is 6.41. The van der Waals surface area contributed by atoms with Gasteiger partial charge in [0.05, 0.1) is 21.5 Å². The van der Waals surface area contributed by atoms with Gasteiger partial charge in [0.25, 0.3) is 17.1 Å². The normalized spacial score (nSPS) is 14.8. The Hall–Kier alpha value is -2.81. The maximum absolute atomic E-state index is 12.5. The van der Waals surface area contributed by atoms with Crippen molar-refractivity contribution >= 4 is 64.0 Å². The maximum atomic E-state index is 12.5. The Kier molecular flexibility index (Phi) is 7.73. The summed E-state index contributed by atoms with van der Waals surface area (Å²) in [7, 11) is 0. The van der Waals surface area contributed by atoms with Crippen molar-refractivity contribution in [3.63, 3.8) is 0 Å². The fourth-order valence-electron chi connectivity index (χ4n) is 2.67. The van der Waals surface area contributed by atoms with E-state index in [2.05, 4.69) is 10.6 Å². The molecule has 0 saturated carbocycles. The van der Waals surface area contributed by atoms with Gasteiger partial charge in [-0.15, -0.1) is 0 Å². The standard InChI is InChI=1S/C21H17Cl2N3O4S/c22-15-7-6-13(10-16(15)23)11-17-20(29)26(21(30)31-17)9-8-24-18(27)12-25-19(28)14-4-2-1-3-5-14/h1-7,10-11H,8-9,12H2,(H,24,27)(H,25,28). The van der Waals surface area contributed by atoms with Gasteiger partial charge in [-0.25, -0.2) is 0 Å². The molecule has 2 N–H and O–H groups in total. The molecule has 1 heterocycles. The van der Waals surface area contributed by atoms with E-state index in [1.807, 2.05) is 0 Å². The van der Waals surface area contributed by atoms with Crippen LogP contribution < -0.4 is 10.6 Å².